The Morgan fingerprint density at radius 2 is 1.68 bits per heavy atom. The number of hydrogen-bond acceptors (Lipinski definition) is 5. The van der Waals surface area contributed by atoms with Gasteiger partial charge in [0.05, 0.1) is 12.3 Å². The van der Waals surface area contributed by atoms with Crippen LogP contribution >= 0.6 is 11.3 Å². The molecule has 0 radical (unpaired) electrons. The SMILES string of the molecule is CCOc1ccc(OCc2ccc(C(=O)N/N=C(/C)c3cccs3)cc2)cc1. The smallest absolute Gasteiger partial charge is 0.271 e. The van der Waals surface area contributed by atoms with Crippen LogP contribution in [0.15, 0.2) is 71.1 Å². The number of benzene rings is 2. The molecule has 1 aromatic heterocycles. The number of ether oxygens (including phenoxy) is 2. The van der Waals surface area contributed by atoms with E-state index in [1.54, 1.807) is 23.5 Å². The maximum Gasteiger partial charge on any atom is 0.271 e. The molecule has 6 heteroatoms. The second kappa shape index (κ2) is 9.71. The standard InChI is InChI=1S/C22H22N2O3S/c1-3-26-19-10-12-20(13-11-19)27-15-17-6-8-18(9-7-17)22(25)24-23-16(2)21-5-4-14-28-21/h4-14H,3,15H2,1-2H3,(H,24,25)/b23-16-. The Balaban J connectivity index is 1.52. The highest BCUT2D eigenvalue weighted by Crippen LogP contribution is 2.19. The predicted molar refractivity (Wildman–Crippen MR) is 112 cm³/mol. The average Bonchev–Trinajstić information content (AvgIpc) is 3.27. The molecule has 0 unspecified atom stereocenters. The lowest BCUT2D eigenvalue weighted by Crippen LogP contribution is -2.19. The van der Waals surface area contributed by atoms with Gasteiger partial charge in [0.15, 0.2) is 0 Å². The van der Waals surface area contributed by atoms with Gasteiger partial charge in [-0.1, -0.05) is 18.2 Å². The molecule has 0 aliphatic rings. The van der Waals surface area contributed by atoms with Gasteiger partial charge < -0.3 is 9.47 Å². The van der Waals surface area contributed by atoms with Crippen LogP contribution in [0, 0.1) is 0 Å². The van der Waals surface area contributed by atoms with Gasteiger partial charge in [-0.2, -0.15) is 5.10 Å². The Labute approximate surface area is 168 Å². The number of carbonyl (C=O) groups is 1. The highest BCUT2D eigenvalue weighted by atomic mass is 32.1. The molecule has 3 rings (SSSR count). The highest BCUT2D eigenvalue weighted by molar-refractivity contribution is 7.12. The summed E-state index contributed by atoms with van der Waals surface area (Å²) >= 11 is 1.58. The van der Waals surface area contributed by atoms with Gasteiger partial charge in [-0.3, -0.25) is 4.79 Å². The van der Waals surface area contributed by atoms with Gasteiger partial charge in [-0.15, -0.1) is 11.3 Å². The zero-order valence-electron chi connectivity index (χ0n) is 15.8. The van der Waals surface area contributed by atoms with Crippen molar-refractivity contribution in [1.82, 2.24) is 5.43 Å². The summed E-state index contributed by atoms with van der Waals surface area (Å²) < 4.78 is 11.2. The molecule has 0 bridgehead atoms. The van der Waals surface area contributed by atoms with Crippen LogP contribution in [0.3, 0.4) is 0 Å². The maximum atomic E-state index is 12.2. The van der Waals surface area contributed by atoms with E-state index >= 15 is 0 Å². The van der Waals surface area contributed by atoms with Crippen molar-refractivity contribution in [2.45, 2.75) is 20.5 Å². The second-order valence-electron chi connectivity index (χ2n) is 6.01. The molecule has 0 atom stereocenters. The maximum absolute atomic E-state index is 12.2. The Hall–Kier alpha value is -3.12. The van der Waals surface area contributed by atoms with Crippen molar-refractivity contribution < 1.29 is 14.3 Å². The fraction of sp³-hybridized carbons (Fsp3) is 0.182. The quantitative estimate of drug-likeness (QED) is 0.438. The molecular weight excluding hydrogens is 372 g/mol. The molecule has 1 N–H and O–H groups in total. The fourth-order valence-electron chi connectivity index (χ4n) is 2.46. The molecule has 144 valence electrons. The van der Waals surface area contributed by atoms with E-state index in [1.807, 2.05) is 67.8 Å². The van der Waals surface area contributed by atoms with Gasteiger partial charge in [0, 0.05) is 10.4 Å². The van der Waals surface area contributed by atoms with Crippen LogP contribution in [-0.4, -0.2) is 18.2 Å². The lowest BCUT2D eigenvalue weighted by molar-refractivity contribution is 0.0955. The summed E-state index contributed by atoms with van der Waals surface area (Å²) in [6, 6.07) is 18.7. The molecule has 3 aromatic rings. The number of hydrogen-bond donors (Lipinski definition) is 1. The van der Waals surface area contributed by atoms with Gasteiger partial charge >= 0.3 is 0 Å². The average molecular weight is 394 g/mol. The molecule has 1 heterocycles. The van der Waals surface area contributed by atoms with Crippen LogP contribution in [0.25, 0.3) is 0 Å². The number of nitrogens with one attached hydrogen (secondary N) is 1. The Bertz CT molecular complexity index is 917. The highest BCUT2D eigenvalue weighted by Gasteiger charge is 2.06. The van der Waals surface area contributed by atoms with Gasteiger partial charge in [0.25, 0.3) is 5.91 Å². The van der Waals surface area contributed by atoms with Crippen molar-refractivity contribution in [3.8, 4) is 11.5 Å². The molecule has 0 saturated heterocycles. The Morgan fingerprint density at radius 3 is 2.29 bits per heavy atom. The number of nitrogens with zero attached hydrogens (tertiary/aromatic N) is 1. The third kappa shape index (κ3) is 5.44. The summed E-state index contributed by atoms with van der Waals surface area (Å²) in [5.74, 6) is 1.35. The zero-order chi connectivity index (χ0) is 19.8. The largest absolute Gasteiger partial charge is 0.494 e. The zero-order valence-corrected chi connectivity index (χ0v) is 16.7. The van der Waals surface area contributed by atoms with E-state index in [1.165, 1.54) is 0 Å². The lowest BCUT2D eigenvalue weighted by atomic mass is 10.1. The molecule has 0 spiro atoms. The summed E-state index contributed by atoms with van der Waals surface area (Å²) in [6.45, 7) is 4.88. The normalized spacial score (nSPS) is 11.1. The monoisotopic (exact) mass is 394 g/mol. The summed E-state index contributed by atoms with van der Waals surface area (Å²) in [4.78, 5) is 13.3. The van der Waals surface area contributed by atoms with Crippen molar-refractivity contribution in [2.24, 2.45) is 5.10 Å². The lowest BCUT2D eigenvalue weighted by Gasteiger charge is -2.08. The van der Waals surface area contributed by atoms with Crippen molar-refractivity contribution in [2.75, 3.05) is 6.61 Å². The van der Waals surface area contributed by atoms with Crippen LogP contribution in [0.5, 0.6) is 11.5 Å². The number of amides is 1. The second-order valence-corrected chi connectivity index (χ2v) is 6.95. The number of hydrazone groups is 1. The van der Waals surface area contributed by atoms with E-state index in [0.717, 1.165) is 27.7 Å². The summed E-state index contributed by atoms with van der Waals surface area (Å²) in [7, 11) is 0. The molecule has 0 aliphatic heterocycles. The van der Waals surface area contributed by atoms with Crippen molar-refractivity contribution in [3.05, 3.63) is 82.0 Å². The molecule has 28 heavy (non-hydrogen) atoms. The van der Waals surface area contributed by atoms with Gasteiger partial charge in [0.1, 0.15) is 18.1 Å². The molecule has 0 saturated carbocycles. The topological polar surface area (TPSA) is 59.9 Å². The van der Waals surface area contributed by atoms with Crippen LogP contribution in [0.1, 0.15) is 34.6 Å². The van der Waals surface area contributed by atoms with E-state index < -0.39 is 0 Å². The Kier molecular flexibility index (Phi) is 6.81. The first-order valence-electron chi connectivity index (χ1n) is 8.99. The van der Waals surface area contributed by atoms with Crippen LogP contribution in [0.4, 0.5) is 0 Å². The van der Waals surface area contributed by atoms with E-state index in [-0.39, 0.29) is 5.91 Å². The van der Waals surface area contributed by atoms with Crippen molar-refractivity contribution >= 4 is 23.0 Å². The van der Waals surface area contributed by atoms with Crippen LogP contribution in [-0.2, 0) is 6.61 Å². The summed E-state index contributed by atoms with van der Waals surface area (Å²) in [6.07, 6.45) is 0. The van der Waals surface area contributed by atoms with Crippen molar-refractivity contribution in [3.63, 3.8) is 0 Å². The van der Waals surface area contributed by atoms with Crippen molar-refractivity contribution in [1.29, 1.82) is 0 Å². The van der Waals surface area contributed by atoms with E-state index in [9.17, 15) is 4.79 Å². The van der Waals surface area contributed by atoms with E-state index in [4.69, 9.17) is 9.47 Å². The predicted octanol–water partition coefficient (Wildman–Crippen LogP) is 4.88. The first-order valence-corrected chi connectivity index (χ1v) is 9.87. The third-order valence-corrected chi connectivity index (χ3v) is 4.94. The molecule has 0 aliphatic carbocycles. The number of carbonyl (C=O) groups excluding carboxylic acids is 1. The van der Waals surface area contributed by atoms with Gasteiger partial charge in [0.2, 0.25) is 0 Å². The van der Waals surface area contributed by atoms with Gasteiger partial charge in [-0.25, -0.2) is 5.43 Å². The van der Waals surface area contributed by atoms with Crippen LogP contribution < -0.4 is 14.9 Å². The summed E-state index contributed by atoms with van der Waals surface area (Å²) in [5, 5.41) is 6.13. The minimum absolute atomic E-state index is 0.241. The van der Waals surface area contributed by atoms with Crippen LogP contribution in [0.2, 0.25) is 0 Å². The molecule has 0 fully saturated rings. The molecule has 1 amide bonds. The minimum Gasteiger partial charge on any atom is -0.494 e. The Morgan fingerprint density at radius 1 is 1.00 bits per heavy atom. The van der Waals surface area contributed by atoms with E-state index in [0.29, 0.717) is 18.8 Å². The molecule has 2 aromatic carbocycles. The molecule has 5 nitrogen and oxygen atoms in total. The third-order valence-electron chi connectivity index (χ3n) is 3.96. The number of rotatable bonds is 8. The fourth-order valence-corrected chi connectivity index (χ4v) is 3.13. The minimum atomic E-state index is -0.241. The first-order chi connectivity index (χ1) is 13.7. The first kappa shape index (κ1) is 19.6. The van der Waals surface area contributed by atoms with Gasteiger partial charge in [-0.05, 0) is 67.3 Å². The number of thiophene rings is 1. The summed E-state index contributed by atoms with van der Waals surface area (Å²) in [5.41, 5.74) is 4.90. The molecular formula is C22H22N2O3S. The van der Waals surface area contributed by atoms with E-state index in [2.05, 4.69) is 10.5 Å².